The Kier molecular flexibility index (Phi) is 8.40. The zero-order chi connectivity index (χ0) is 21.8. The van der Waals surface area contributed by atoms with Crippen molar-refractivity contribution in [3.05, 3.63) is 23.3 Å². The van der Waals surface area contributed by atoms with Gasteiger partial charge in [0.1, 0.15) is 5.75 Å². The largest absolute Gasteiger partial charge is 0.507 e. The Labute approximate surface area is 185 Å². The average Bonchev–Trinajstić information content (AvgIpc) is 2.61. The van der Waals surface area contributed by atoms with E-state index in [4.69, 9.17) is 0 Å². The number of carbonyl (C=O) groups is 1. The standard InChI is InChI=1S/C23H38N2O2S2/c1-22(2,3)18-14-17(15-19(21(18)27)23(4,5)6)29-13-12-28-16-20(26)25-10-8-24(7)9-11-25/h14-15,27H,8-13,16H2,1-7H3. The highest BCUT2D eigenvalue weighted by Gasteiger charge is 2.26. The third-order valence-corrected chi connectivity index (χ3v) is 7.46. The molecule has 0 spiro atoms. The maximum atomic E-state index is 12.3. The van der Waals surface area contributed by atoms with E-state index in [0.29, 0.717) is 11.5 Å². The third kappa shape index (κ3) is 7.11. The Morgan fingerprint density at radius 2 is 1.48 bits per heavy atom. The third-order valence-electron chi connectivity index (χ3n) is 5.28. The molecule has 0 saturated carbocycles. The number of rotatable bonds is 6. The summed E-state index contributed by atoms with van der Waals surface area (Å²) in [6.07, 6.45) is 0. The molecule has 29 heavy (non-hydrogen) atoms. The Hall–Kier alpha value is -0.850. The fraction of sp³-hybridized carbons (Fsp3) is 0.696. The molecular formula is C23H38N2O2S2. The van der Waals surface area contributed by atoms with E-state index < -0.39 is 0 Å². The molecule has 0 aromatic heterocycles. The molecule has 6 heteroatoms. The van der Waals surface area contributed by atoms with Crippen molar-refractivity contribution < 1.29 is 9.90 Å². The van der Waals surface area contributed by atoms with Crippen LogP contribution in [0.25, 0.3) is 0 Å². The summed E-state index contributed by atoms with van der Waals surface area (Å²) in [5.41, 5.74) is 1.80. The Morgan fingerprint density at radius 1 is 0.966 bits per heavy atom. The lowest BCUT2D eigenvalue weighted by Crippen LogP contribution is -2.47. The van der Waals surface area contributed by atoms with Gasteiger partial charge in [0, 0.05) is 53.7 Å². The predicted molar refractivity (Wildman–Crippen MR) is 128 cm³/mol. The van der Waals surface area contributed by atoms with Crippen molar-refractivity contribution in [2.75, 3.05) is 50.5 Å². The van der Waals surface area contributed by atoms with Crippen molar-refractivity contribution >= 4 is 29.4 Å². The molecule has 4 nitrogen and oxygen atoms in total. The molecule has 1 aromatic carbocycles. The first-order chi connectivity index (χ1) is 13.4. The van der Waals surface area contributed by atoms with Crippen LogP contribution in [-0.2, 0) is 15.6 Å². The monoisotopic (exact) mass is 438 g/mol. The van der Waals surface area contributed by atoms with Crippen molar-refractivity contribution in [3.63, 3.8) is 0 Å². The van der Waals surface area contributed by atoms with Gasteiger partial charge >= 0.3 is 0 Å². The number of benzene rings is 1. The Balaban J connectivity index is 1.91. The van der Waals surface area contributed by atoms with Crippen molar-refractivity contribution in [2.24, 2.45) is 0 Å². The van der Waals surface area contributed by atoms with Crippen LogP contribution in [0, 0.1) is 0 Å². The van der Waals surface area contributed by atoms with Gasteiger partial charge in [-0.2, -0.15) is 11.8 Å². The number of phenols is 1. The van der Waals surface area contributed by atoms with Crippen LogP contribution >= 0.6 is 23.5 Å². The molecule has 1 N–H and O–H groups in total. The zero-order valence-electron chi connectivity index (χ0n) is 19.2. The van der Waals surface area contributed by atoms with Gasteiger partial charge in [0.25, 0.3) is 0 Å². The molecular weight excluding hydrogens is 400 g/mol. The highest BCUT2D eigenvalue weighted by Crippen LogP contribution is 2.41. The summed E-state index contributed by atoms with van der Waals surface area (Å²) < 4.78 is 0. The first-order valence-electron chi connectivity index (χ1n) is 10.4. The van der Waals surface area contributed by atoms with Crippen molar-refractivity contribution in [1.82, 2.24) is 9.80 Å². The van der Waals surface area contributed by atoms with Gasteiger partial charge in [-0.05, 0) is 30.0 Å². The second-order valence-corrected chi connectivity index (χ2v) is 12.2. The number of amides is 1. The number of thioether (sulfide) groups is 2. The van der Waals surface area contributed by atoms with E-state index in [1.807, 2.05) is 16.7 Å². The van der Waals surface area contributed by atoms with Gasteiger partial charge in [0.15, 0.2) is 0 Å². The van der Waals surface area contributed by atoms with Crippen molar-refractivity contribution in [2.45, 2.75) is 57.3 Å². The quantitative estimate of drug-likeness (QED) is 0.520. The van der Waals surface area contributed by atoms with Crippen LogP contribution in [0.15, 0.2) is 17.0 Å². The molecule has 0 atom stereocenters. The van der Waals surface area contributed by atoms with Gasteiger partial charge in [0.2, 0.25) is 5.91 Å². The number of hydrogen-bond donors (Lipinski definition) is 1. The first kappa shape index (κ1) is 24.4. The lowest BCUT2D eigenvalue weighted by Gasteiger charge is -2.32. The van der Waals surface area contributed by atoms with Crippen LogP contribution in [0.2, 0.25) is 0 Å². The van der Waals surface area contributed by atoms with Gasteiger partial charge in [0.05, 0.1) is 5.75 Å². The smallest absolute Gasteiger partial charge is 0.232 e. The second-order valence-electron chi connectivity index (χ2n) is 9.95. The molecule has 2 rings (SSSR count). The maximum absolute atomic E-state index is 12.3. The molecule has 1 fully saturated rings. The summed E-state index contributed by atoms with van der Waals surface area (Å²) in [5, 5.41) is 10.8. The minimum Gasteiger partial charge on any atom is -0.507 e. The summed E-state index contributed by atoms with van der Waals surface area (Å²) in [6, 6.07) is 4.27. The van der Waals surface area contributed by atoms with E-state index in [-0.39, 0.29) is 16.7 Å². The number of likely N-dealkylation sites (N-methyl/N-ethyl adjacent to an activating group) is 1. The van der Waals surface area contributed by atoms with Crippen LogP contribution in [0.4, 0.5) is 0 Å². The van der Waals surface area contributed by atoms with Crippen LogP contribution in [0.1, 0.15) is 52.7 Å². The van der Waals surface area contributed by atoms with Crippen LogP contribution in [0.5, 0.6) is 5.75 Å². The van der Waals surface area contributed by atoms with E-state index in [0.717, 1.165) is 48.8 Å². The lowest BCUT2D eigenvalue weighted by molar-refractivity contribution is -0.129. The number of carbonyl (C=O) groups excluding carboxylic acids is 1. The summed E-state index contributed by atoms with van der Waals surface area (Å²) >= 11 is 3.54. The molecule has 1 saturated heterocycles. The fourth-order valence-electron chi connectivity index (χ4n) is 3.36. The number of aromatic hydroxyl groups is 1. The molecule has 164 valence electrons. The van der Waals surface area contributed by atoms with Crippen LogP contribution in [0.3, 0.4) is 0 Å². The van der Waals surface area contributed by atoms with Gasteiger partial charge in [-0.25, -0.2) is 0 Å². The Morgan fingerprint density at radius 3 is 1.97 bits per heavy atom. The predicted octanol–water partition coefficient (Wildman–Crippen LogP) is 4.59. The molecule has 1 amide bonds. The van der Waals surface area contributed by atoms with E-state index in [1.54, 1.807) is 11.8 Å². The summed E-state index contributed by atoms with van der Waals surface area (Å²) in [4.78, 5) is 17.8. The molecule has 1 aliphatic heterocycles. The number of nitrogens with zero attached hydrogens (tertiary/aromatic N) is 2. The highest BCUT2D eigenvalue weighted by molar-refractivity contribution is 8.03. The normalized spacial score (nSPS) is 16.3. The minimum atomic E-state index is -0.107. The molecule has 1 aromatic rings. The average molecular weight is 439 g/mol. The lowest BCUT2D eigenvalue weighted by atomic mass is 9.79. The number of hydrogen-bond acceptors (Lipinski definition) is 5. The number of piperazine rings is 1. The summed E-state index contributed by atoms with van der Waals surface area (Å²) in [6.45, 7) is 16.5. The molecule has 0 unspecified atom stereocenters. The van der Waals surface area contributed by atoms with Crippen LogP contribution in [-0.4, -0.2) is 71.3 Å². The Bertz CT molecular complexity index is 665. The molecule has 0 radical (unpaired) electrons. The SMILES string of the molecule is CN1CCN(C(=O)CSCCSc2cc(C(C)(C)C)c(O)c(C(C)(C)C)c2)CC1. The van der Waals surface area contributed by atoms with Gasteiger partial charge in [-0.3, -0.25) is 4.79 Å². The molecule has 1 aliphatic rings. The fourth-order valence-corrected chi connectivity index (χ4v) is 5.30. The first-order valence-corrected chi connectivity index (χ1v) is 12.6. The van der Waals surface area contributed by atoms with Crippen molar-refractivity contribution in [3.8, 4) is 5.75 Å². The van der Waals surface area contributed by atoms with Gasteiger partial charge < -0.3 is 14.9 Å². The molecule has 1 heterocycles. The molecule has 0 aliphatic carbocycles. The molecule has 0 bridgehead atoms. The van der Waals surface area contributed by atoms with E-state index in [2.05, 4.69) is 65.6 Å². The van der Waals surface area contributed by atoms with Crippen LogP contribution < -0.4 is 0 Å². The van der Waals surface area contributed by atoms with E-state index >= 15 is 0 Å². The summed E-state index contributed by atoms with van der Waals surface area (Å²) in [7, 11) is 2.10. The zero-order valence-corrected chi connectivity index (χ0v) is 20.8. The van der Waals surface area contributed by atoms with E-state index in [9.17, 15) is 9.90 Å². The van der Waals surface area contributed by atoms with Crippen molar-refractivity contribution in [1.29, 1.82) is 0 Å². The highest BCUT2D eigenvalue weighted by atomic mass is 32.2. The van der Waals surface area contributed by atoms with Gasteiger partial charge in [-0.1, -0.05) is 41.5 Å². The number of phenolic OH excluding ortho intramolecular Hbond substituents is 1. The summed E-state index contributed by atoms with van der Waals surface area (Å²) in [5.74, 6) is 3.17. The second kappa shape index (κ2) is 9.97. The topological polar surface area (TPSA) is 43.8 Å². The van der Waals surface area contributed by atoms with E-state index in [1.165, 1.54) is 4.90 Å². The van der Waals surface area contributed by atoms with Gasteiger partial charge in [-0.15, -0.1) is 11.8 Å². The minimum absolute atomic E-state index is 0.107. The maximum Gasteiger partial charge on any atom is 0.232 e.